The van der Waals surface area contributed by atoms with Crippen LogP contribution in [0.5, 0.6) is 0 Å². The van der Waals surface area contributed by atoms with E-state index in [1.54, 1.807) is 18.2 Å². The van der Waals surface area contributed by atoms with Crippen LogP contribution in [0.1, 0.15) is 35.7 Å². The first-order valence-corrected chi connectivity index (χ1v) is 6.25. The van der Waals surface area contributed by atoms with E-state index >= 15 is 0 Å². The van der Waals surface area contributed by atoms with E-state index in [-0.39, 0.29) is 5.91 Å². The van der Waals surface area contributed by atoms with E-state index in [0.29, 0.717) is 17.7 Å². The van der Waals surface area contributed by atoms with Gasteiger partial charge in [0.15, 0.2) is 0 Å². The number of aryl methyl sites for hydroxylation is 1. The van der Waals surface area contributed by atoms with E-state index in [1.807, 2.05) is 13.8 Å². The zero-order valence-electron chi connectivity index (χ0n) is 11.5. The summed E-state index contributed by atoms with van der Waals surface area (Å²) in [5, 5.41) is 2.76. The van der Waals surface area contributed by atoms with Gasteiger partial charge in [-0.05, 0) is 37.1 Å². The Bertz CT molecular complexity index is 472. The summed E-state index contributed by atoms with van der Waals surface area (Å²) in [6, 6.07) is 4.45. The Hall–Kier alpha value is -1.88. The Balaban J connectivity index is 2.80. The molecule has 3 N–H and O–H groups in total. The average molecular weight is 264 g/mol. The van der Waals surface area contributed by atoms with Crippen LogP contribution < -0.4 is 11.1 Å². The highest BCUT2D eigenvalue weighted by Crippen LogP contribution is 2.17. The molecule has 1 aromatic carbocycles. The molecule has 0 saturated heterocycles. The van der Waals surface area contributed by atoms with Crippen LogP contribution in [0.4, 0.5) is 5.69 Å². The normalized spacial score (nSPS) is 11.8. The number of ether oxygens (including phenoxy) is 1. The van der Waals surface area contributed by atoms with Crippen LogP contribution in [0.15, 0.2) is 18.2 Å². The molecule has 0 bridgehead atoms. The molecule has 0 heterocycles. The molecule has 104 valence electrons. The van der Waals surface area contributed by atoms with Crippen LogP contribution in [0.3, 0.4) is 0 Å². The number of hydrogen-bond acceptors (Lipinski definition) is 4. The van der Waals surface area contributed by atoms with Crippen molar-refractivity contribution in [3.8, 4) is 0 Å². The summed E-state index contributed by atoms with van der Waals surface area (Å²) in [4.78, 5) is 23.2. The van der Waals surface area contributed by atoms with Gasteiger partial charge in [-0.25, -0.2) is 4.79 Å². The second-order valence-electron chi connectivity index (χ2n) is 4.41. The third-order valence-corrected chi connectivity index (χ3v) is 2.84. The van der Waals surface area contributed by atoms with Gasteiger partial charge in [-0.2, -0.15) is 0 Å². The summed E-state index contributed by atoms with van der Waals surface area (Å²) in [6.07, 6.45) is 1.50. The Morgan fingerprint density at radius 3 is 2.63 bits per heavy atom. The van der Waals surface area contributed by atoms with Gasteiger partial charge in [-0.15, -0.1) is 0 Å². The molecule has 1 rings (SSSR count). The standard InChI is InChI=1S/C14H20N2O3/c1-4-5-11(15)13(17)16-12-7-6-10(8-9(12)2)14(18)19-3/h6-8,11H,4-5,15H2,1-3H3,(H,16,17)/t11-/m0/s1. The molecule has 0 radical (unpaired) electrons. The fourth-order valence-electron chi connectivity index (χ4n) is 1.72. The molecule has 19 heavy (non-hydrogen) atoms. The van der Waals surface area contributed by atoms with Crippen molar-refractivity contribution < 1.29 is 14.3 Å². The molecule has 5 nitrogen and oxygen atoms in total. The van der Waals surface area contributed by atoms with Gasteiger partial charge >= 0.3 is 5.97 Å². The number of rotatable bonds is 5. The number of methoxy groups -OCH3 is 1. The van der Waals surface area contributed by atoms with Crippen molar-refractivity contribution in [1.82, 2.24) is 0 Å². The molecule has 0 unspecified atom stereocenters. The minimum Gasteiger partial charge on any atom is -0.465 e. The fourth-order valence-corrected chi connectivity index (χ4v) is 1.72. The predicted octanol–water partition coefficient (Wildman–Crippen LogP) is 1.85. The van der Waals surface area contributed by atoms with Crippen molar-refractivity contribution in [2.45, 2.75) is 32.7 Å². The predicted molar refractivity (Wildman–Crippen MR) is 74.0 cm³/mol. The number of anilines is 1. The SMILES string of the molecule is CCC[C@H](N)C(=O)Nc1ccc(C(=O)OC)cc1C. The maximum atomic E-state index is 11.8. The molecule has 0 spiro atoms. The number of esters is 1. The minimum absolute atomic E-state index is 0.212. The molecular weight excluding hydrogens is 244 g/mol. The Morgan fingerprint density at radius 1 is 1.42 bits per heavy atom. The molecule has 0 aromatic heterocycles. The van der Waals surface area contributed by atoms with Crippen molar-refractivity contribution in [3.63, 3.8) is 0 Å². The van der Waals surface area contributed by atoms with Gasteiger partial charge < -0.3 is 15.8 Å². The summed E-state index contributed by atoms with van der Waals surface area (Å²) in [6.45, 7) is 3.79. The summed E-state index contributed by atoms with van der Waals surface area (Å²) in [7, 11) is 1.33. The molecule has 0 aliphatic rings. The quantitative estimate of drug-likeness (QED) is 0.795. The lowest BCUT2D eigenvalue weighted by Gasteiger charge is -2.13. The van der Waals surface area contributed by atoms with E-state index in [1.165, 1.54) is 7.11 Å². The number of amides is 1. The van der Waals surface area contributed by atoms with E-state index in [4.69, 9.17) is 5.73 Å². The lowest BCUT2D eigenvalue weighted by molar-refractivity contribution is -0.117. The van der Waals surface area contributed by atoms with Crippen molar-refractivity contribution in [2.24, 2.45) is 5.73 Å². The number of carbonyl (C=O) groups is 2. The van der Waals surface area contributed by atoms with Crippen molar-refractivity contribution in [3.05, 3.63) is 29.3 Å². The number of carbonyl (C=O) groups excluding carboxylic acids is 2. The van der Waals surface area contributed by atoms with Crippen LogP contribution in [-0.4, -0.2) is 25.0 Å². The van der Waals surface area contributed by atoms with Gasteiger partial charge in [0, 0.05) is 5.69 Å². The molecule has 5 heteroatoms. The molecule has 1 aromatic rings. The first-order chi connectivity index (χ1) is 8.99. The Labute approximate surface area is 113 Å². The van der Waals surface area contributed by atoms with Gasteiger partial charge in [0.25, 0.3) is 0 Å². The average Bonchev–Trinajstić information content (AvgIpc) is 2.40. The summed E-state index contributed by atoms with van der Waals surface area (Å²) in [5.41, 5.74) is 7.64. The minimum atomic E-state index is -0.510. The summed E-state index contributed by atoms with van der Waals surface area (Å²) < 4.78 is 4.64. The summed E-state index contributed by atoms with van der Waals surface area (Å²) >= 11 is 0. The zero-order chi connectivity index (χ0) is 14.4. The molecule has 0 fully saturated rings. The van der Waals surface area contributed by atoms with Crippen LogP contribution in [-0.2, 0) is 9.53 Å². The number of hydrogen-bond donors (Lipinski definition) is 2. The van der Waals surface area contributed by atoms with Crippen LogP contribution in [0, 0.1) is 6.92 Å². The van der Waals surface area contributed by atoms with Gasteiger partial charge in [0.2, 0.25) is 5.91 Å². The van der Waals surface area contributed by atoms with Crippen molar-refractivity contribution in [1.29, 1.82) is 0 Å². The maximum absolute atomic E-state index is 11.8. The zero-order valence-corrected chi connectivity index (χ0v) is 11.5. The third kappa shape index (κ3) is 4.06. The second kappa shape index (κ2) is 6.89. The molecule has 0 aliphatic heterocycles. The largest absolute Gasteiger partial charge is 0.465 e. The highest BCUT2D eigenvalue weighted by Gasteiger charge is 2.14. The summed E-state index contributed by atoms with van der Waals surface area (Å²) in [5.74, 6) is -0.612. The number of benzene rings is 1. The monoisotopic (exact) mass is 264 g/mol. The third-order valence-electron chi connectivity index (χ3n) is 2.84. The van der Waals surface area contributed by atoms with Gasteiger partial charge in [0.1, 0.15) is 0 Å². The van der Waals surface area contributed by atoms with Gasteiger partial charge in [-0.3, -0.25) is 4.79 Å². The van der Waals surface area contributed by atoms with Crippen LogP contribution in [0.25, 0.3) is 0 Å². The first kappa shape index (κ1) is 15.2. The highest BCUT2D eigenvalue weighted by molar-refractivity contribution is 5.96. The highest BCUT2D eigenvalue weighted by atomic mass is 16.5. The first-order valence-electron chi connectivity index (χ1n) is 6.25. The molecule has 0 aliphatic carbocycles. The molecule has 1 amide bonds. The molecular formula is C14H20N2O3. The van der Waals surface area contributed by atoms with Crippen molar-refractivity contribution in [2.75, 3.05) is 12.4 Å². The fraction of sp³-hybridized carbons (Fsp3) is 0.429. The van der Waals surface area contributed by atoms with E-state index in [9.17, 15) is 9.59 Å². The van der Waals surface area contributed by atoms with Gasteiger partial charge in [-0.1, -0.05) is 13.3 Å². The second-order valence-corrected chi connectivity index (χ2v) is 4.41. The van der Waals surface area contributed by atoms with Crippen molar-refractivity contribution >= 4 is 17.6 Å². The lowest BCUT2D eigenvalue weighted by atomic mass is 10.1. The Morgan fingerprint density at radius 2 is 2.11 bits per heavy atom. The maximum Gasteiger partial charge on any atom is 0.337 e. The van der Waals surface area contributed by atoms with Crippen LogP contribution >= 0.6 is 0 Å². The van der Waals surface area contributed by atoms with E-state index in [0.717, 1.165) is 12.0 Å². The molecule has 1 atom stereocenters. The van der Waals surface area contributed by atoms with Crippen LogP contribution in [0.2, 0.25) is 0 Å². The van der Waals surface area contributed by atoms with Gasteiger partial charge in [0.05, 0.1) is 18.7 Å². The Kier molecular flexibility index (Phi) is 5.51. The number of nitrogens with two attached hydrogens (primary N) is 1. The van der Waals surface area contributed by atoms with E-state index in [2.05, 4.69) is 10.1 Å². The molecule has 0 saturated carbocycles. The topological polar surface area (TPSA) is 81.4 Å². The van der Waals surface area contributed by atoms with E-state index < -0.39 is 12.0 Å². The lowest BCUT2D eigenvalue weighted by Crippen LogP contribution is -2.35. The number of nitrogens with one attached hydrogen (secondary N) is 1. The smallest absolute Gasteiger partial charge is 0.337 e.